The van der Waals surface area contributed by atoms with Gasteiger partial charge >= 0.3 is 0 Å². The first-order valence-electron chi connectivity index (χ1n) is 10.3. The van der Waals surface area contributed by atoms with Crippen LogP contribution in [-0.4, -0.2) is 26.4 Å². The van der Waals surface area contributed by atoms with E-state index in [1.54, 1.807) is 18.2 Å². The molecule has 4 rings (SSSR count). The van der Waals surface area contributed by atoms with Gasteiger partial charge in [-0.25, -0.2) is 0 Å². The maximum atomic E-state index is 12.3. The van der Waals surface area contributed by atoms with E-state index in [2.05, 4.69) is 55.6 Å². The molecule has 0 aliphatic heterocycles. The molecule has 9 heteroatoms. The van der Waals surface area contributed by atoms with Gasteiger partial charge in [-0.3, -0.25) is 9.36 Å². The van der Waals surface area contributed by atoms with Crippen molar-refractivity contribution in [1.29, 1.82) is 0 Å². The summed E-state index contributed by atoms with van der Waals surface area (Å²) in [7, 11) is 0. The number of carbonyl (C=O) groups excluding carboxylic acids is 1. The lowest BCUT2D eigenvalue weighted by Gasteiger charge is -2.11. The summed E-state index contributed by atoms with van der Waals surface area (Å²) in [6.07, 6.45) is 0.342. The number of benzene rings is 3. The Morgan fingerprint density at radius 1 is 0.970 bits per heavy atom. The highest BCUT2D eigenvalue weighted by atomic mass is 127. The Labute approximate surface area is 215 Å². The monoisotopic (exact) mass is 589 g/mol. The summed E-state index contributed by atoms with van der Waals surface area (Å²) >= 11 is 9.77. The van der Waals surface area contributed by atoms with Gasteiger partial charge in [0.25, 0.3) is 0 Å². The third-order valence-corrected chi connectivity index (χ3v) is 6.56. The Morgan fingerprint density at radius 3 is 2.52 bits per heavy atom. The summed E-state index contributed by atoms with van der Waals surface area (Å²) in [5, 5.41) is 16.4. The molecule has 2 N–H and O–H groups in total. The molecule has 33 heavy (non-hydrogen) atoms. The molecule has 0 atom stereocenters. The normalized spacial score (nSPS) is 10.7. The molecular weight excluding hydrogens is 569 g/mol. The minimum absolute atomic E-state index is 0.0730. The second-order valence-electron chi connectivity index (χ2n) is 7.09. The molecule has 0 aliphatic rings. The highest BCUT2D eigenvalue weighted by Crippen LogP contribution is 2.24. The van der Waals surface area contributed by atoms with Crippen LogP contribution in [0.2, 0.25) is 5.02 Å². The number of hydrogen-bond donors (Lipinski definition) is 2. The van der Waals surface area contributed by atoms with Crippen molar-refractivity contribution >= 4 is 63.2 Å². The zero-order valence-electron chi connectivity index (χ0n) is 17.5. The second kappa shape index (κ2) is 11.5. The van der Waals surface area contributed by atoms with E-state index >= 15 is 0 Å². The highest BCUT2D eigenvalue weighted by molar-refractivity contribution is 14.1. The molecule has 1 aromatic heterocycles. The van der Waals surface area contributed by atoms with Gasteiger partial charge in [0.2, 0.25) is 5.91 Å². The summed E-state index contributed by atoms with van der Waals surface area (Å²) in [5.74, 6) is 1.30. The van der Waals surface area contributed by atoms with E-state index in [0.29, 0.717) is 29.4 Å². The van der Waals surface area contributed by atoms with Crippen molar-refractivity contribution in [2.45, 2.75) is 18.1 Å². The molecule has 0 spiro atoms. The lowest BCUT2D eigenvalue weighted by molar-refractivity contribution is -0.115. The van der Waals surface area contributed by atoms with Crippen LogP contribution in [-0.2, 0) is 11.3 Å². The van der Waals surface area contributed by atoms with Crippen LogP contribution in [0.15, 0.2) is 84.0 Å². The maximum absolute atomic E-state index is 12.3. The Morgan fingerprint density at radius 2 is 1.76 bits per heavy atom. The van der Waals surface area contributed by atoms with Gasteiger partial charge in [-0.1, -0.05) is 47.6 Å². The van der Waals surface area contributed by atoms with E-state index in [-0.39, 0.29) is 5.91 Å². The van der Waals surface area contributed by atoms with Crippen molar-refractivity contribution in [3.63, 3.8) is 0 Å². The van der Waals surface area contributed by atoms with Gasteiger partial charge in [-0.15, -0.1) is 10.2 Å². The van der Waals surface area contributed by atoms with E-state index in [1.165, 1.54) is 15.3 Å². The number of amides is 1. The third kappa shape index (κ3) is 6.72. The first kappa shape index (κ1) is 23.6. The highest BCUT2D eigenvalue weighted by Gasteiger charge is 2.15. The summed E-state index contributed by atoms with van der Waals surface area (Å²) in [5.41, 5.74) is 2.69. The summed E-state index contributed by atoms with van der Waals surface area (Å²) in [6.45, 7) is 0.526. The van der Waals surface area contributed by atoms with Crippen LogP contribution in [0.5, 0.6) is 0 Å². The number of carbonyl (C=O) groups is 1. The first-order valence-corrected chi connectivity index (χ1v) is 12.7. The van der Waals surface area contributed by atoms with Gasteiger partial charge in [-0.2, -0.15) is 0 Å². The van der Waals surface area contributed by atoms with Gasteiger partial charge in [0.15, 0.2) is 11.0 Å². The number of aromatic nitrogens is 3. The molecule has 0 saturated heterocycles. The lowest BCUT2D eigenvalue weighted by Crippen LogP contribution is -2.12. The second-order valence-corrected chi connectivity index (χ2v) is 9.83. The SMILES string of the molecule is O=C(CCSc1nnc(CNc2ccc(I)cc2)n1-c1ccccc1)Nc1cccc(Cl)c1. The molecular formula is C24H21ClIN5OS. The lowest BCUT2D eigenvalue weighted by atomic mass is 10.3. The average Bonchev–Trinajstić information content (AvgIpc) is 3.22. The van der Waals surface area contributed by atoms with Gasteiger partial charge in [-0.05, 0) is 77.2 Å². The summed E-state index contributed by atoms with van der Waals surface area (Å²) < 4.78 is 3.21. The predicted octanol–water partition coefficient (Wildman–Crippen LogP) is 6.26. The number of nitrogens with one attached hydrogen (secondary N) is 2. The van der Waals surface area contributed by atoms with Crippen LogP contribution in [0.3, 0.4) is 0 Å². The Bertz CT molecular complexity index is 1220. The number of para-hydroxylation sites is 1. The molecule has 0 aliphatic carbocycles. The fourth-order valence-corrected chi connectivity index (χ4v) is 4.58. The largest absolute Gasteiger partial charge is 0.378 e. The summed E-state index contributed by atoms with van der Waals surface area (Å²) in [4.78, 5) is 12.3. The van der Waals surface area contributed by atoms with E-state index in [0.717, 1.165) is 22.4 Å². The van der Waals surface area contributed by atoms with Crippen molar-refractivity contribution < 1.29 is 4.79 Å². The van der Waals surface area contributed by atoms with Gasteiger partial charge < -0.3 is 10.6 Å². The van der Waals surface area contributed by atoms with Crippen LogP contribution in [0.1, 0.15) is 12.2 Å². The number of anilines is 2. The zero-order valence-corrected chi connectivity index (χ0v) is 21.3. The maximum Gasteiger partial charge on any atom is 0.225 e. The summed E-state index contributed by atoms with van der Waals surface area (Å²) in [6, 6.07) is 25.3. The molecule has 1 amide bonds. The Kier molecular flexibility index (Phi) is 8.25. The Balaban J connectivity index is 1.42. The molecule has 0 radical (unpaired) electrons. The molecule has 4 aromatic rings. The van der Waals surface area contributed by atoms with Crippen LogP contribution < -0.4 is 10.6 Å². The van der Waals surface area contributed by atoms with Crippen molar-refractivity contribution in [3.8, 4) is 5.69 Å². The average molecular weight is 590 g/mol. The minimum atomic E-state index is -0.0730. The number of nitrogens with zero attached hydrogens (tertiary/aromatic N) is 3. The smallest absolute Gasteiger partial charge is 0.225 e. The van der Waals surface area contributed by atoms with E-state index in [9.17, 15) is 4.79 Å². The van der Waals surface area contributed by atoms with Crippen molar-refractivity contribution in [1.82, 2.24) is 14.8 Å². The molecule has 0 saturated carbocycles. The topological polar surface area (TPSA) is 71.8 Å². The zero-order chi connectivity index (χ0) is 23.0. The van der Waals surface area contributed by atoms with Crippen molar-refractivity contribution in [3.05, 3.63) is 93.3 Å². The van der Waals surface area contributed by atoms with E-state index in [1.807, 2.05) is 53.1 Å². The molecule has 168 valence electrons. The number of halogens is 2. The van der Waals surface area contributed by atoms with Gasteiger partial charge in [0.1, 0.15) is 0 Å². The van der Waals surface area contributed by atoms with Gasteiger partial charge in [0.05, 0.1) is 6.54 Å². The van der Waals surface area contributed by atoms with Crippen molar-refractivity contribution in [2.75, 3.05) is 16.4 Å². The quantitative estimate of drug-likeness (QED) is 0.178. The predicted molar refractivity (Wildman–Crippen MR) is 143 cm³/mol. The van der Waals surface area contributed by atoms with E-state index in [4.69, 9.17) is 11.6 Å². The molecule has 6 nitrogen and oxygen atoms in total. The van der Waals surface area contributed by atoms with Gasteiger partial charge in [0, 0.05) is 37.8 Å². The first-order chi connectivity index (χ1) is 16.1. The molecule has 0 unspecified atom stereocenters. The van der Waals surface area contributed by atoms with Crippen LogP contribution in [0.25, 0.3) is 5.69 Å². The van der Waals surface area contributed by atoms with Crippen LogP contribution in [0.4, 0.5) is 11.4 Å². The van der Waals surface area contributed by atoms with E-state index < -0.39 is 0 Å². The molecule has 0 bridgehead atoms. The van der Waals surface area contributed by atoms with Crippen LogP contribution >= 0.6 is 46.0 Å². The number of rotatable bonds is 9. The molecule has 0 fully saturated rings. The fourth-order valence-electron chi connectivity index (χ4n) is 3.12. The fraction of sp³-hybridized carbons (Fsp3) is 0.125. The third-order valence-electron chi connectivity index (χ3n) is 4.68. The van der Waals surface area contributed by atoms with Crippen LogP contribution in [0, 0.1) is 3.57 Å². The standard InChI is InChI=1S/C24H21ClIN5OS/c25-17-5-4-6-20(15-17)28-23(32)13-14-33-24-30-29-22(31(24)21-7-2-1-3-8-21)16-27-19-11-9-18(26)10-12-19/h1-12,15,27H,13-14,16H2,(H,28,32). The van der Waals surface area contributed by atoms with Crippen molar-refractivity contribution in [2.24, 2.45) is 0 Å². The molecule has 3 aromatic carbocycles. The Hall–Kier alpha value is -2.56. The number of thioether (sulfide) groups is 1. The molecule has 1 heterocycles. The number of hydrogen-bond acceptors (Lipinski definition) is 5. The minimum Gasteiger partial charge on any atom is -0.378 e.